The summed E-state index contributed by atoms with van der Waals surface area (Å²) in [5, 5.41) is 3.35. The molecule has 0 bridgehead atoms. The van der Waals surface area contributed by atoms with Gasteiger partial charge in [0.2, 0.25) is 5.91 Å². The van der Waals surface area contributed by atoms with Crippen molar-refractivity contribution in [1.29, 1.82) is 0 Å². The molecule has 2 aromatic carbocycles. The molecule has 162 valence electrons. The molecule has 4 rings (SSSR count). The van der Waals surface area contributed by atoms with Crippen molar-refractivity contribution in [1.82, 2.24) is 10.2 Å². The van der Waals surface area contributed by atoms with E-state index < -0.39 is 6.04 Å². The number of benzene rings is 2. The molecule has 1 unspecified atom stereocenters. The molecule has 7 heteroatoms. The van der Waals surface area contributed by atoms with Gasteiger partial charge >= 0.3 is 0 Å². The van der Waals surface area contributed by atoms with Gasteiger partial charge in [-0.25, -0.2) is 4.90 Å². The average Bonchev–Trinajstić information content (AvgIpc) is 3.08. The second-order valence-electron chi connectivity index (χ2n) is 7.85. The highest BCUT2D eigenvalue weighted by atomic mass is 16.5. The maximum absolute atomic E-state index is 12.9. The highest BCUT2D eigenvalue weighted by Gasteiger charge is 2.40. The maximum Gasteiger partial charge on any atom is 0.253 e. The number of carbonyl (C=O) groups is 3. The van der Waals surface area contributed by atoms with E-state index in [2.05, 4.69) is 5.32 Å². The predicted octanol–water partition coefficient (Wildman–Crippen LogP) is 2.61. The molecule has 31 heavy (non-hydrogen) atoms. The van der Waals surface area contributed by atoms with Gasteiger partial charge < -0.3 is 15.0 Å². The Balaban J connectivity index is 1.33. The van der Waals surface area contributed by atoms with Crippen molar-refractivity contribution in [3.8, 4) is 5.75 Å². The molecule has 2 fully saturated rings. The third-order valence-electron chi connectivity index (χ3n) is 5.79. The zero-order valence-corrected chi connectivity index (χ0v) is 17.6. The van der Waals surface area contributed by atoms with Gasteiger partial charge in [-0.05, 0) is 56.2 Å². The summed E-state index contributed by atoms with van der Waals surface area (Å²) in [4.78, 5) is 41.1. The van der Waals surface area contributed by atoms with Crippen LogP contribution in [0.15, 0.2) is 54.6 Å². The van der Waals surface area contributed by atoms with E-state index in [1.54, 1.807) is 24.3 Å². The van der Waals surface area contributed by atoms with Gasteiger partial charge in [0.15, 0.2) is 0 Å². The van der Waals surface area contributed by atoms with E-state index in [-0.39, 0.29) is 30.2 Å². The van der Waals surface area contributed by atoms with Crippen molar-refractivity contribution in [2.45, 2.75) is 38.3 Å². The molecule has 1 N–H and O–H groups in total. The van der Waals surface area contributed by atoms with Gasteiger partial charge in [-0.2, -0.15) is 0 Å². The van der Waals surface area contributed by atoms with Gasteiger partial charge in [0, 0.05) is 24.7 Å². The fraction of sp³-hybridized carbons (Fsp3) is 0.375. The molecule has 2 aliphatic rings. The highest BCUT2D eigenvalue weighted by molar-refractivity contribution is 6.22. The maximum atomic E-state index is 12.9. The smallest absolute Gasteiger partial charge is 0.253 e. The zero-order valence-electron chi connectivity index (χ0n) is 17.6. The molecule has 0 aliphatic carbocycles. The molecule has 2 heterocycles. The molecule has 0 radical (unpaired) electrons. The Bertz CT molecular complexity index is 937. The molecule has 0 aromatic heterocycles. The summed E-state index contributed by atoms with van der Waals surface area (Å²) in [7, 11) is 0. The van der Waals surface area contributed by atoms with Gasteiger partial charge in [0.05, 0.1) is 24.8 Å². The molecule has 0 saturated carbocycles. The molecule has 7 nitrogen and oxygen atoms in total. The van der Waals surface area contributed by atoms with Crippen LogP contribution in [0, 0.1) is 0 Å². The van der Waals surface area contributed by atoms with Crippen LogP contribution in [-0.2, 0) is 9.59 Å². The normalized spacial score (nSPS) is 19.7. The number of hydrogen-bond acceptors (Lipinski definition) is 5. The summed E-state index contributed by atoms with van der Waals surface area (Å²) < 4.78 is 5.42. The Kier molecular flexibility index (Phi) is 6.32. The first-order chi connectivity index (χ1) is 15.1. The van der Waals surface area contributed by atoms with Crippen LogP contribution in [0.2, 0.25) is 0 Å². The lowest BCUT2D eigenvalue weighted by atomic mass is 10.0. The predicted molar refractivity (Wildman–Crippen MR) is 117 cm³/mol. The van der Waals surface area contributed by atoms with Crippen LogP contribution < -0.4 is 15.0 Å². The van der Waals surface area contributed by atoms with Gasteiger partial charge in [-0.1, -0.05) is 18.2 Å². The minimum absolute atomic E-state index is 0.0350. The number of imide groups is 1. The fourth-order valence-corrected chi connectivity index (χ4v) is 4.19. The minimum atomic E-state index is -0.527. The molecule has 1 atom stereocenters. The summed E-state index contributed by atoms with van der Waals surface area (Å²) in [5.41, 5.74) is 1.25. The molecule has 0 spiro atoms. The Labute approximate surface area is 182 Å². The van der Waals surface area contributed by atoms with E-state index in [0.29, 0.717) is 36.7 Å². The number of piperidine rings is 1. The molecule has 2 saturated heterocycles. The number of amides is 3. The molecule has 3 amide bonds. The lowest BCUT2D eigenvalue weighted by molar-refractivity contribution is -0.121. The van der Waals surface area contributed by atoms with Crippen LogP contribution >= 0.6 is 0 Å². The van der Waals surface area contributed by atoms with Crippen molar-refractivity contribution in [3.05, 3.63) is 60.2 Å². The van der Waals surface area contributed by atoms with Crippen LogP contribution in [0.3, 0.4) is 0 Å². The van der Waals surface area contributed by atoms with Crippen LogP contribution in [0.4, 0.5) is 5.69 Å². The average molecular weight is 421 g/mol. The zero-order chi connectivity index (χ0) is 21.8. The lowest BCUT2D eigenvalue weighted by Crippen LogP contribution is -2.49. The Hall–Kier alpha value is -3.19. The van der Waals surface area contributed by atoms with Crippen LogP contribution in [0.5, 0.6) is 5.75 Å². The first-order valence-corrected chi connectivity index (χ1v) is 10.8. The van der Waals surface area contributed by atoms with Gasteiger partial charge in [-0.3, -0.25) is 14.4 Å². The van der Waals surface area contributed by atoms with Crippen LogP contribution in [-0.4, -0.2) is 54.4 Å². The minimum Gasteiger partial charge on any atom is -0.494 e. The van der Waals surface area contributed by atoms with E-state index in [4.69, 9.17) is 4.74 Å². The van der Waals surface area contributed by atoms with E-state index in [1.165, 1.54) is 4.90 Å². The molecule has 2 aliphatic heterocycles. The number of rotatable bonds is 6. The molecular weight excluding hydrogens is 394 g/mol. The van der Waals surface area contributed by atoms with Crippen LogP contribution in [0.25, 0.3) is 0 Å². The van der Waals surface area contributed by atoms with Crippen molar-refractivity contribution in [3.63, 3.8) is 0 Å². The Morgan fingerprint density at radius 2 is 1.71 bits per heavy atom. The van der Waals surface area contributed by atoms with E-state index in [9.17, 15) is 14.4 Å². The largest absolute Gasteiger partial charge is 0.494 e. The second-order valence-corrected chi connectivity index (χ2v) is 7.85. The van der Waals surface area contributed by atoms with E-state index in [1.807, 2.05) is 42.2 Å². The second kappa shape index (κ2) is 9.31. The van der Waals surface area contributed by atoms with E-state index >= 15 is 0 Å². The number of hydrogen-bond donors (Lipinski definition) is 1. The number of anilines is 1. The Morgan fingerprint density at radius 1 is 1.03 bits per heavy atom. The Morgan fingerprint density at radius 3 is 2.35 bits per heavy atom. The topological polar surface area (TPSA) is 79.0 Å². The van der Waals surface area contributed by atoms with Crippen molar-refractivity contribution >= 4 is 23.4 Å². The lowest BCUT2D eigenvalue weighted by Gasteiger charge is -2.33. The van der Waals surface area contributed by atoms with Crippen molar-refractivity contribution in [2.75, 3.05) is 24.6 Å². The first kappa shape index (κ1) is 21.1. The molecular formula is C24H27N3O4. The third kappa shape index (κ3) is 4.61. The summed E-state index contributed by atoms with van der Waals surface area (Å²) >= 11 is 0. The fourth-order valence-electron chi connectivity index (χ4n) is 4.19. The number of ether oxygens (including phenoxy) is 1. The number of likely N-dealkylation sites (tertiary alicyclic amines) is 1. The summed E-state index contributed by atoms with van der Waals surface area (Å²) in [6.07, 6.45) is 1.65. The van der Waals surface area contributed by atoms with Gasteiger partial charge in [-0.15, -0.1) is 0 Å². The first-order valence-electron chi connectivity index (χ1n) is 10.8. The van der Waals surface area contributed by atoms with E-state index in [0.717, 1.165) is 12.8 Å². The van der Waals surface area contributed by atoms with Gasteiger partial charge in [0.25, 0.3) is 11.8 Å². The number of nitrogens with zero attached hydrogens (tertiary/aromatic N) is 2. The summed E-state index contributed by atoms with van der Waals surface area (Å²) in [6.45, 7) is 3.72. The monoisotopic (exact) mass is 421 g/mol. The van der Waals surface area contributed by atoms with Crippen molar-refractivity contribution < 1.29 is 19.1 Å². The third-order valence-corrected chi connectivity index (χ3v) is 5.79. The number of nitrogens with one attached hydrogen (secondary N) is 1. The van der Waals surface area contributed by atoms with Crippen molar-refractivity contribution in [2.24, 2.45) is 0 Å². The quantitative estimate of drug-likeness (QED) is 0.726. The number of carbonyl (C=O) groups excluding carboxylic acids is 3. The summed E-state index contributed by atoms with van der Waals surface area (Å²) in [5.74, 6) is 0.310. The highest BCUT2D eigenvalue weighted by Crippen LogP contribution is 2.26. The molecule has 2 aromatic rings. The van der Waals surface area contributed by atoms with Crippen LogP contribution in [0.1, 0.15) is 36.5 Å². The standard InChI is InChI=1S/C24H27N3O4/c1-2-31-20-10-8-19(9-11-20)27-22(28)16-21(24(27)30)25-18-12-14-26(15-13-18)23(29)17-6-4-3-5-7-17/h3-11,18,21,25H,2,12-16H2,1H3. The summed E-state index contributed by atoms with van der Waals surface area (Å²) in [6, 6.07) is 15.8. The van der Waals surface area contributed by atoms with Gasteiger partial charge in [0.1, 0.15) is 5.75 Å². The SMILES string of the molecule is CCOc1ccc(N2C(=O)CC(NC3CCN(C(=O)c4ccccc4)CC3)C2=O)cc1.